The van der Waals surface area contributed by atoms with Gasteiger partial charge in [0.25, 0.3) is 5.91 Å². The molecular formula is C25H28N2O4. The molecule has 6 nitrogen and oxygen atoms in total. The summed E-state index contributed by atoms with van der Waals surface area (Å²) in [4.78, 5) is 15.0. The highest BCUT2D eigenvalue weighted by molar-refractivity contribution is 5.94. The Morgan fingerprint density at radius 3 is 2.45 bits per heavy atom. The minimum absolute atomic E-state index is 0.0185. The Hall–Kier alpha value is -3.09. The summed E-state index contributed by atoms with van der Waals surface area (Å²) in [5.41, 5.74) is 1.70. The quantitative estimate of drug-likeness (QED) is 0.597. The topological polar surface area (TPSA) is 63.9 Å². The van der Waals surface area contributed by atoms with Crippen LogP contribution in [0.4, 0.5) is 0 Å². The normalized spacial score (nSPS) is 15.4. The number of furan rings is 1. The molecule has 1 N–H and O–H groups in total. The maximum Gasteiger partial charge on any atom is 0.251 e. The maximum absolute atomic E-state index is 12.7. The van der Waals surface area contributed by atoms with E-state index in [1.165, 1.54) is 0 Å². The molecule has 1 aliphatic rings. The van der Waals surface area contributed by atoms with Gasteiger partial charge in [-0.15, -0.1) is 0 Å². The summed E-state index contributed by atoms with van der Waals surface area (Å²) in [5, 5.41) is 3.06. The highest BCUT2D eigenvalue weighted by Gasteiger charge is 2.25. The van der Waals surface area contributed by atoms with Gasteiger partial charge >= 0.3 is 0 Å². The highest BCUT2D eigenvalue weighted by Crippen LogP contribution is 2.23. The third-order valence-corrected chi connectivity index (χ3v) is 5.40. The number of benzene rings is 2. The summed E-state index contributed by atoms with van der Waals surface area (Å²) < 4.78 is 17.1. The van der Waals surface area contributed by atoms with Gasteiger partial charge in [-0.3, -0.25) is 9.69 Å². The third-order valence-electron chi connectivity index (χ3n) is 5.40. The van der Waals surface area contributed by atoms with Crippen LogP contribution in [0.15, 0.2) is 71.1 Å². The van der Waals surface area contributed by atoms with E-state index in [2.05, 4.69) is 10.2 Å². The van der Waals surface area contributed by atoms with Gasteiger partial charge in [0.2, 0.25) is 0 Å². The molecule has 31 heavy (non-hydrogen) atoms. The summed E-state index contributed by atoms with van der Waals surface area (Å²) in [6.45, 7) is 5.90. The molecule has 1 unspecified atom stereocenters. The molecule has 0 spiro atoms. The molecule has 1 fully saturated rings. The van der Waals surface area contributed by atoms with Gasteiger partial charge in [0.1, 0.15) is 23.9 Å². The first-order valence-corrected chi connectivity index (χ1v) is 10.6. The van der Waals surface area contributed by atoms with Crippen LogP contribution in [0, 0.1) is 6.92 Å². The smallest absolute Gasteiger partial charge is 0.251 e. The maximum atomic E-state index is 12.7. The molecule has 162 valence electrons. The van der Waals surface area contributed by atoms with Gasteiger partial charge in [0, 0.05) is 25.2 Å². The van der Waals surface area contributed by atoms with Crippen LogP contribution in [-0.4, -0.2) is 43.7 Å². The minimum atomic E-state index is -0.115. The van der Waals surface area contributed by atoms with E-state index in [1.807, 2.05) is 61.5 Å². The SMILES string of the molecule is Cc1ccc(C(CNC(=O)c2ccc(OCc3ccccc3)cc2)N2CCOCC2)o1. The zero-order chi connectivity index (χ0) is 21.5. The van der Waals surface area contributed by atoms with E-state index < -0.39 is 0 Å². The van der Waals surface area contributed by atoms with Crippen LogP contribution in [0.1, 0.15) is 33.5 Å². The van der Waals surface area contributed by atoms with Crippen molar-refractivity contribution in [2.45, 2.75) is 19.6 Å². The predicted octanol–water partition coefficient (Wildman–Crippen LogP) is 3.97. The molecule has 4 rings (SSSR count). The van der Waals surface area contributed by atoms with Crippen LogP contribution in [0.3, 0.4) is 0 Å². The average Bonchev–Trinajstić information content (AvgIpc) is 3.25. The van der Waals surface area contributed by atoms with Crippen molar-refractivity contribution in [3.63, 3.8) is 0 Å². The average molecular weight is 421 g/mol. The Balaban J connectivity index is 1.35. The summed E-state index contributed by atoms with van der Waals surface area (Å²) in [6.07, 6.45) is 0. The molecule has 1 amide bonds. The molecule has 1 aromatic heterocycles. The third kappa shape index (κ3) is 5.75. The second-order valence-corrected chi connectivity index (χ2v) is 7.62. The molecule has 1 aliphatic heterocycles. The van der Waals surface area contributed by atoms with Crippen LogP contribution in [0.5, 0.6) is 5.75 Å². The number of carbonyl (C=O) groups excluding carboxylic acids is 1. The van der Waals surface area contributed by atoms with Crippen molar-refractivity contribution in [1.29, 1.82) is 0 Å². The van der Waals surface area contributed by atoms with E-state index >= 15 is 0 Å². The number of amides is 1. The number of carbonyl (C=O) groups is 1. The fourth-order valence-electron chi connectivity index (χ4n) is 3.67. The molecule has 2 aromatic carbocycles. The number of morpholine rings is 1. The second-order valence-electron chi connectivity index (χ2n) is 7.62. The van der Waals surface area contributed by atoms with Crippen molar-refractivity contribution in [2.24, 2.45) is 0 Å². The second kappa shape index (κ2) is 10.3. The Bertz CT molecular complexity index is 963. The van der Waals surface area contributed by atoms with Gasteiger partial charge in [0.05, 0.1) is 19.3 Å². The van der Waals surface area contributed by atoms with Crippen LogP contribution in [0.25, 0.3) is 0 Å². The molecule has 6 heteroatoms. The standard InChI is InChI=1S/C25H28N2O4/c1-19-7-12-24(31-19)23(27-13-15-29-16-14-27)17-26-25(28)21-8-10-22(11-9-21)30-18-20-5-3-2-4-6-20/h2-12,23H,13-18H2,1H3,(H,26,28). The molecule has 1 saturated heterocycles. The molecule has 0 bridgehead atoms. The Kier molecular flexibility index (Phi) is 7.02. The highest BCUT2D eigenvalue weighted by atomic mass is 16.5. The number of ether oxygens (including phenoxy) is 2. The Labute approximate surface area is 182 Å². The monoisotopic (exact) mass is 420 g/mol. The first kappa shape index (κ1) is 21.2. The molecular weight excluding hydrogens is 392 g/mol. The van der Waals surface area contributed by atoms with Crippen LogP contribution < -0.4 is 10.1 Å². The van der Waals surface area contributed by atoms with Crippen molar-refractivity contribution < 1.29 is 18.7 Å². The van der Waals surface area contributed by atoms with Gasteiger partial charge in [-0.2, -0.15) is 0 Å². The summed E-state index contributed by atoms with van der Waals surface area (Å²) in [6, 6.07) is 21.1. The number of rotatable bonds is 8. The Morgan fingerprint density at radius 1 is 1.03 bits per heavy atom. The van der Waals surface area contributed by atoms with E-state index in [0.29, 0.717) is 31.9 Å². The van der Waals surface area contributed by atoms with Crippen molar-refractivity contribution in [1.82, 2.24) is 10.2 Å². The number of aryl methyl sites for hydroxylation is 1. The lowest BCUT2D eigenvalue weighted by molar-refractivity contribution is 0.0117. The summed E-state index contributed by atoms with van der Waals surface area (Å²) in [7, 11) is 0. The molecule has 0 aliphatic carbocycles. The summed E-state index contributed by atoms with van der Waals surface area (Å²) in [5.74, 6) is 2.35. The molecule has 0 saturated carbocycles. The van der Waals surface area contributed by atoms with E-state index in [0.717, 1.165) is 35.9 Å². The number of nitrogens with one attached hydrogen (secondary N) is 1. The molecule has 3 aromatic rings. The lowest BCUT2D eigenvalue weighted by Crippen LogP contribution is -2.43. The van der Waals surface area contributed by atoms with Crippen molar-refractivity contribution >= 4 is 5.91 Å². The number of hydrogen-bond acceptors (Lipinski definition) is 5. The first-order chi connectivity index (χ1) is 15.2. The van der Waals surface area contributed by atoms with Crippen molar-refractivity contribution in [3.8, 4) is 5.75 Å². The van der Waals surface area contributed by atoms with Gasteiger partial charge in [-0.1, -0.05) is 30.3 Å². The van der Waals surface area contributed by atoms with E-state index in [4.69, 9.17) is 13.9 Å². The van der Waals surface area contributed by atoms with Gasteiger partial charge in [-0.25, -0.2) is 0 Å². The zero-order valence-corrected chi connectivity index (χ0v) is 17.8. The lowest BCUT2D eigenvalue weighted by atomic mass is 10.1. The molecule has 1 atom stereocenters. The fraction of sp³-hybridized carbons (Fsp3) is 0.320. The van der Waals surface area contributed by atoms with Gasteiger partial charge in [-0.05, 0) is 48.9 Å². The first-order valence-electron chi connectivity index (χ1n) is 10.6. The fourth-order valence-corrected chi connectivity index (χ4v) is 3.67. The van der Waals surface area contributed by atoms with Gasteiger partial charge in [0.15, 0.2) is 0 Å². The minimum Gasteiger partial charge on any atom is -0.489 e. The van der Waals surface area contributed by atoms with Crippen molar-refractivity contribution in [3.05, 3.63) is 89.4 Å². The van der Waals surface area contributed by atoms with E-state index in [9.17, 15) is 4.79 Å². The van der Waals surface area contributed by atoms with Crippen LogP contribution >= 0.6 is 0 Å². The van der Waals surface area contributed by atoms with Crippen molar-refractivity contribution in [2.75, 3.05) is 32.8 Å². The summed E-state index contributed by atoms with van der Waals surface area (Å²) >= 11 is 0. The number of hydrogen-bond donors (Lipinski definition) is 1. The molecule has 2 heterocycles. The van der Waals surface area contributed by atoms with E-state index in [-0.39, 0.29) is 11.9 Å². The van der Waals surface area contributed by atoms with Crippen LogP contribution in [-0.2, 0) is 11.3 Å². The number of nitrogens with zero attached hydrogens (tertiary/aromatic N) is 1. The van der Waals surface area contributed by atoms with Gasteiger partial charge < -0.3 is 19.2 Å². The van der Waals surface area contributed by atoms with E-state index in [1.54, 1.807) is 12.1 Å². The predicted molar refractivity (Wildman–Crippen MR) is 118 cm³/mol. The lowest BCUT2D eigenvalue weighted by Gasteiger charge is -2.33. The van der Waals surface area contributed by atoms with Crippen LogP contribution in [0.2, 0.25) is 0 Å². The zero-order valence-electron chi connectivity index (χ0n) is 17.8. The largest absolute Gasteiger partial charge is 0.489 e. The Morgan fingerprint density at radius 2 is 1.77 bits per heavy atom. The molecule has 0 radical (unpaired) electrons.